The quantitative estimate of drug-likeness (QED) is 0.835. The lowest BCUT2D eigenvalue weighted by Gasteiger charge is -2.29. The van der Waals surface area contributed by atoms with Crippen molar-refractivity contribution in [1.29, 1.82) is 0 Å². The predicted molar refractivity (Wildman–Crippen MR) is 83.7 cm³/mol. The van der Waals surface area contributed by atoms with Crippen molar-refractivity contribution < 1.29 is 14.3 Å². The molecule has 1 heterocycles. The molecule has 5 nitrogen and oxygen atoms in total. The first-order chi connectivity index (χ1) is 10.7. The van der Waals surface area contributed by atoms with E-state index in [1.807, 2.05) is 31.2 Å². The molecule has 0 aromatic heterocycles. The molecule has 1 aromatic carbocycles. The van der Waals surface area contributed by atoms with Crippen LogP contribution in [0.4, 0.5) is 0 Å². The molecular formula is C17H24N2O3. The van der Waals surface area contributed by atoms with Crippen LogP contribution in [0.3, 0.4) is 0 Å². The SMILES string of the molecule is C[C@H]1OCCN[C@@H]1C(=O)NCc1ccccc1OCC1CC1. The number of hydrogen-bond acceptors (Lipinski definition) is 4. The van der Waals surface area contributed by atoms with E-state index < -0.39 is 0 Å². The number of carbonyl (C=O) groups is 1. The van der Waals surface area contributed by atoms with Crippen LogP contribution in [-0.2, 0) is 16.1 Å². The Hall–Kier alpha value is -1.59. The maximum absolute atomic E-state index is 12.3. The van der Waals surface area contributed by atoms with Crippen LogP contribution >= 0.6 is 0 Å². The van der Waals surface area contributed by atoms with Crippen molar-refractivity contribution in [3.05, 3.63) is 29.8 Å². The zero-order valence-corrected chi connectivity index (χ0v) is 13.0. The summed E-state index contributed by atoms with van der Waals surface area (Å²) in [7, 11) is 0. The van der Waals surface area contributed by atoms with Gasteiger partial charge >= 0.3 is 0 Å². The molecule has 1 aliphatic heterocycles. The fraction of sp³-hybridized carbons (Fsp3) is 0.588. The Morgan fingerprint density at radius 1 is 1.41 bits per heavy atom. The van der Waals surface area contributed by atoms with Crippen molar-refractivity contribution in [3.63, 3.8) is 0 Å². The van der Waals surface area contributed by atoms with Crippen LogP contribution in [0.15, 0.2) is 24.3 Å². The van der Waals surface area contributed by atoms with Crippen molar-refractivity contribution in [2.24, 2.45) is 5.92 Å². The number of para-hydroxylation sites is 1. The zero-order chi connectivity index (χ0) is 15.4. The summed E-state index contributed by atoms with van der Waals surface area (Å²) >= 11 is 0. The third-order valence-corrected chi connectivity index (χ3v) is 4.20. The molecule has 2 N–H and O–H groups in total. The van der Waals surface area contributed by atoms with Crippen LogP contribution < -0.4 is 15.4 Å². The molecule has 0 bridgehead atoms. The number of hydrogen-bond donors (Lipinski definition) is 2. The molecule has 1 aromatic rings. The molecule has 0 radical (unpaired) electrons. The van der Waals surface area contributed by atoms with Gasteiger partial charge in [0.1, 0.15) is 11.8 Å². The second kappa shape index (κ2) is 7.11. The molecule has 1 amide bonds. The molecule has 0 unspecified atom stereocenters. The lowest BCUT2D eigenvalue weighted by Crippen LogP contribution is -2.55. The van der Waals surface area contributed by atoms with Crippen LogP contribution in [0.5, 0.6) is 5.75 Å². The van der Waals surface area contributed by atoms with E-state index in [4.69, 9.17) is 9.47 Å². The van der Waals surface area contributed by atoms with Crippen LogP contribution in [0.2, 0.25) is 0 Å². The molecule has 120 valence electrons. The van der Waals surface area contributed by atoms with E-state index in [2.05, 4.69) is 10.6 Å². The first-order valence-corrected chi connectivity index (χ1v) is 8.07. The standard InChI is InChI=1S/C17H24N2O3/c1-12-16(18-8-9-21-12)17(20)19-10-14-4-2-3-5-15(14)22-11-13-6-7-13/h2-5,12-13,16,18H,6-11H2,1H3,(H,19,20)/t12-,16+/m1/s1. The number of amides is 1. The van der Waals surface area contributed by atoms with E-state index >= 15 is 0 Å². The van der Waals surface area contributed by atoms with Crippen molar-refractivity contribution in [3.8, 4) is 5.75 Å². The van der Waals surface area contributed by atoms with Gasteiger partial charge in [-0.2, -0.15) is 0 Å². The Morgan fingerprint density at radius 2 is 2.23 bits per heavy atom. The van der Waals surface area contributed by atoms with Gasteiger partial charge in [-0.1, -0.05) is 18.2 Å². The third kappa shape index (κ3) is 3.99. The van der Waals surface area contributed by atoms with Crippen molar-refractivity contribution in [2.45, 2.75) is 38.5 Å². The smallest absolute Gasteiger partial charge is 0.240 e. The number of ether oxygens (including phenoxy) is 2. The van der Waals surface area contributed by atoms with Crippen LogP contribution in [-0.4, -0.2) is 37.8 Å². The van der Waals surface area contributed by atoms with Gasteiger partial charge in [-0.15, -0.1) is 0 Å². The molecule has 1 saturated carbocycles. The second-order valence-corrected chi connectivity index (χ2v) is 6.09. The van der Waals surface area contributed by atoms with Gasteiger partial charge < -0.3 is 20.1 Å². The van der Waals surface area contributed by atoms with Gasteiger partial charge in [0.05, 0.1) is 19.3 Å². The largest absolute Gasteiger partial charge is 0.493 e. The van der Waals surface area contributed by atoms with Crippen LogP contribution in [0.25, 0.3) is 0 Å². The zero-order valence-electron chi connectivity index (χ0n) is 13.0. The van der Waals surface area contributed by atoms with E-state index in [1.165, 1.54) is 12.8 Å². The minimum absolute atomic E-state index is 0.0239. The van der Waals surface area contributed by atoms with E-state index in [0.717, 1.165) is 17.9 Å². The van der Waals surface area contributed by atoms with E-state index in [1.54, 1.807) is 0 Å². The summed E-state index contributed by atoms with van der Waals surface area (Å²) < 4.78 is 11.4. The monoisotopic (exact) mass is 304 g/mol. The second-order valence-electron chi connectivity index (χ2n) is 6.09. The lowest BCUT2D eigenvalue weighted by atomic mass is 10.1. The minimum atomic E-state index is -0.284. The highest BCUT2D eigenvalue weighted by atomic mass is 16.5. The predicted octanol–water partition coefficient (Wildman–Crippen LogP) is 1.47. The molecule has 22 heavy (non-hydrogen) atoms. The normalized spacial score (nSPS) is 24.8. The summed E-state index contributed by atoms with van der Waals surface area (Å²) in [6, 6.07) is 7.61. The molecule has 1 aliphatic carbocycles. The summed E-state index contributed by atoms with van der Waals surface area (Å²) in [6.45, 7) is 4.54. The van der Waals surface area contributed by atoms with Gasteiger partial charge in [-0.05, 0) is 31.7 Å². The van der Waals surface area contributed by atoms with Crippen LogP contribution in [0, 0.1) is 5.92 Å². The molecule has 2 atom stereocenters. The Morgan fingerprint density at radius 3 is 3.00 bits per heavy atom. The highest BCUT2D eigenvalue weighted by Gasteiger charge is 2.28. The van der Waals surface area contributed by atoms with Crippen molar-refractivity contribution in [1.82, 2.24) is 10.6 Å². The average Bonchev–Trinajstić information content (AvgIpc) is 3.36. The highest BCUT2D eigenvalue weighted by Crippen LogP contribution is 2.30. The minimum Gasteiger partial charge on any atom is -0.493 e. The van der Waals surface area contributed by atoms with Crippen LogP contribution in [0.1, 0.15) is 25.3 Å². The first kappa shape index (κ1) is 15.3. The van der Waals surface area contributed by atoms with E-state index in [0.29, 0.717) is 25.6 Å². The first-order valence-electron chi connectivity index (χ1n) is 8.07. The molecule has 2 fully saturated rings. The van der Waals surface area contributed by atoms with E-state index in [-0.39, 0.29) is 18.1 Å². The third-order valence-electron chi connectivity index (χ3n) is 4.20. The molecule has 5 heteroatoms. The van der Waals surface area contributed by atoms with Gasteiger partial charge in [0.25, 0.3) is 0 Å². The fourth-order valence-electron chi connectivity index (χ4n) is 2.60. The highest BCUT2D eigenvalue weighted by molar-refractivity contribution is 5.82. The van der Waals surface area contributed by atoms with Gasteiger partial charge in [0.2, 0.25) is 5.91 Å². The number of benzene rings is 1. The fourth-order valence-corrected chi connectivity index (χ4v) is 2.60. The Kier molecular flexibility index (Phi) is 4.95. The van der Waals surface area contributed by atoms with Crippen molar-refractivity contribution in [2.75, 3.05) is 19.8 Å². The van der Waals surface area contributed by atoms with Gasteiger partial charge in [-0.25, -0.2) is 0 Å². The van der Waals surface area contributed by atoms with Gasteiger partial charge in [-0.3, -0.25) is 4.79 Å². The summed E-state index contributed by atoms with van der Waals surface area (Å²) in [6.07, 6.45) is 2.43. The Bertz CT molecular complexity index is 516. The average molecular weight is 304 g/mol. The number of morpholine rings is 1. The molecule has 0 spiro atoms. The maximum atomic E-state index is 12.3. The molecule has 2 aliphatic rings. The Balaban J connectivity index is 1.54. The number of rotatable bonds is 6. The number of carbonyl (C=O) groups excluding carboxylic acids is 1. The molecule has 1 saturated heterocycles. The maximum Gasteiger partial charge on any atom is 0.240 e. The molecular weight excluding hydrogens is 280 g/mol. The van der Waals surface area contributed by atoms with Gasteiger partial charge in [0.15, 0.2) is 0 Å². The van der Waals surface area contributed by atoms with Gasteiger partial charge in [0, 0.05) is 18.7 Å². The molecule has 3 rings (SSSR count). The summed E-state index contributed by atoms with van der Waals surface area (Å²) in [5.41, 5.74) is 1.01. The van der Waals surface area contributed by atoms with Crippen molar-refractivity contribution >= 4 is 5.91 Å². The number of nitrogens with one attached hydrogen (secondary N) is 2. The summed E-state index contributed by atoms with van der Waals surface area (Å²) in [5, 5.41) is 6.18. The summed E-state index contributed by atoms with van der Waals surface area (Å²) in [4.78, 5) is 12.3. The Labute approximate surface area is 131 Å². The topological polar surface area (TPSA) is 59.6 Å². The summed E-state index contributed by atoms with van der Waals surface area (Å²) in [5.74, 6) is 1.56. The lowest BCUT2D eigenvalue weighted by molar-refractivity contribution is -0.129. The van der Waals surface area contributed by atoms with E-state index in [9.17, 15) is 4.79 Å².